The van der Waals surface area contributed by atoms with E-state index in [4.69, 9.17) is 12.2 Å². The predicted molar refractivity (Wildman–Crippen MR) is 64.0 cm³/mol. The summed E-state index contributed by atoms with van der Waals surface area (Å²) >= 11 is 0. The lowest BCUT2D eigenvalue weighted by Crippen LogP contribution is -2.42. The Balaban J connectivity index is 3.25. The summed E-state index contributed by atoms with van der Waals surface area (Å²) in [4.78, 5) is -0.319. The van der Waals surface area contributed by atoms with Gasteiger partial charge in [0.1, 0.15) is 10.7 Å². The van der Waals surface area contributed by atoms with Gasteiger partial charge in [0.05, 0.1) is 11.2 Å². The second-order valence-electron chi connectivity index (χ2n) is 4.03. The van der Waals surface area contributed by atoms with E-state index < -0.39 is 27.1 Å². The minimum absolute atomic E-state index is 0.319. The van der Waals surface area contributed by atoms with Gasteiger partial charge >= 0.3 is 0 Å². The van der Waals surface area contributed by atoms with Gasteiger partial charge in [-0.15, -0.1) is 6.42 Å². The monoisotopic (exact) mass is 256 g/mol. The molecule has 4 nitrogen and oxygen atoms in total. The average molecular weight is 256 g/mol. The average Bonchev–Trinajstić information content (AvgIpc) is 2.20. The van der Waals surface area contributed by atoms with Crippen LogP contribution < -0.4 is 10.5 Å². The molecule has 0 saturated heterocycles. The third-order valence-corrected chi connectivity index (χ3v) is 3.77. The highest BCUT2D eigenvalue weighted by Crippen LogP contribution is 2.22. The Morgan fingerprint density at radius 1 is 1.47 bits per heavy atom. The third kappa shape index (κ3) is 2.96. The zero-order valence-corrected chi connectivity index (χ0v) is 10.3. The molecule has 0 heterocycles. The fourth-order valence-electron chi connectivity index (χ4n) is 1.17. The molecule has 0 spiro atoms. The molecule has 6 heteroatoms. The molecule has 0 radical (unpaired) electrons. The predicted octanol–water partition coefficient (Wildman–Crippen LogP) is 1.10. The van der Waals surface area contributed by atoms with Gasteiger partial charge in [-0.05, 0) is 26.0 Å². The number of hydrogen-bond acceptors (Lipinski definition) is 3. The van der Waals surface area contributed by atoms with E-state index in [-0.39, 0.29) is 4.90 Å². The maximum Gasteiger partial charge on any atom is 0.244 e. The van der Waals surface area contributed by atoms with Crippen LogP contribution in [0.1, 0.15) is 13.8 Å². The summed E-state index contributed by atoms with van der Waals surface area (Å²) in [5, 5.41) is 0. The normalized spacial score (nSPS) is 12.1. The maximum absolute atomic E-state index is 13.2. The van der Waals surface area contributed by atoms with Crippen molar-refractivity contribution >= 4 is 15.7 Å². The summed E-state index contributed by atoms with van der Waals surface area (Å²) in [7, 11) is -3.94. The van der Waals surface area contributed by atoms with Crippen molar-refractivity contribution in [2.24, 2.45) is 0 Å². The van der Waals surface area contributed by atoms with Gasteiger partial charge in [0.25, 0.3) is 0 Å². The number of rotatable bonds is 3. The lowest BCUT2D eigenvalue weighted by atomic mass is 10.1. The van der Waals surface area contributed by atoms with Crippen molar-refractivity contribution in [2.75, 3.05) is 5.73 Å². The summed E-state index contributed by atoms with van der Waals surface area (Å²) in [6, 6.07) is 3.57. The zero-order valence-electron chi connectivity index (χ0n) is 9.49. The van der Waals surface area contributed by atoms with Crippen LogP contribution in [0, 0.1) is 18.2 Å². The number of anilines is 1. The van der Waals surface area contributed by atoms with Crippen LogP contribution in [0.4, 0.5) is 10.1 Å². The smallest absolute Gasteiger partial charge is 0.244 e. The van der Waals surface area contributed by atoms with Crippen LogP contribution in [0.25, 0.3) is 0 Å². The third-order valence-electron chi connectivity index (χ3n) is 2.05. The first kappa shape index (κ1) is 13.5. The number of para-hydroxylation sites is 1. The zero-order chi connectivity index (χ0) is 13.3. The quantitative estimate of drug-likeness (QED) is 0.628. The van der Waals surface area contributed by atoms with Crippen LogP contribution in [0.15, 0.2) is 23.1 Å². The second-order valence-corrected chi connectivity index (χ2v) is 5.68. The fourth-order valence-corrected chi connectivity index (χ4v) is 2.66. The molecule has 1 rings (SSSR count). The molecule has 1 aromatic rings. The Labute approximate surface area is 100 Å². The summed E-state index contributed by atoms with van der Waals surface area (Å²) in [6.45, 7) is 3.03. The molecule has 0 amide bonds. The van der Waals surface area contributed by atoms with Gasteiger partial charge in [-0.3, -0.25) is 0 Å². The molecule has 1 aromatic carbocycles. The van der Waals surface area contributed by atoms with Gasteiger partial charge in [0, 0.05) is 0 Å². The van der Waals surface area contributed by atoms with E-state index in [1.165, 1.54) is 26.0 Å². The van der Waals surface area contributed by atoms with Gasteiger partial charge < -0.3 is 5.73 Å². The SMILES string of the molecule is C#CC(C)(C)NS(=O)(=O)c1cccc(F)c1N. The summed E-state index contributed by atoms with van der Waals surface area (Å²) in [5.74, 6) is 1.49. The number of nitrogens with one attached hydrogen (secondary N) is 1. The van der Waals surface area contributed by atoms with E-state index in [1.54, 1.807) is 0 Å². The van der Waals surface area contributed by atoms with Crippen molar-refractivity contribution in [3.63, 3.8) is 0 Å². The standard InChI is InChI=1S/C11H13FN2O2S/c1-4-11(2,3)14-17(15,16)9-7-5-6-8(12)10(9)13/h1,5-7,14H,13H2,2-3H3. The molecule has 92 valence electrons. The number of hydrogen-bond donors (Lipinski definition) is 2. The van der Waals surface area contributed by atoms with Gasteiger partial charge in [-0.1, -0.05) is 12.0 Å². The molecular weight excluding hydrogens is 243 g/mol. The first-order valence-corrected chi connectivity index (χ1v) is 6.24. The largest absolute Gasteiger partial charge is 0.395 e. The molecule has 0 aliphatic rings. The minimum Gasteiger partial charge on any atom is -0.395 e. The number of nitrogens with two attached hydrogens (primary N) is 1. The number of halogens is 1. The summed E-state index contributed by atoms with van der Waals surface area (Å²) < 4.78 is 39.3. The van der Waals surface area contributed by atoms with Crippen molar-refractivity contribution in [3.05, 3.63) is 24.0 Å². The van der Waals surface area contributed by atoms with E-state index in [2.05, 4.69) is 10.6 Å². The lowest BCUT2D eigenvalue weighted by Gasteiger charge is -2.20. The molecule has 3 N–H and O–H groups in total. The van der Waals surface area contributed by atoms with Crippen LogP contribution in [0.5, 0.6) is 0 Å². The van der Waals surface area contributed by atoms with E-state index in [0.717, 1.165) is 6.07 Å². The van der Waals surface area contributed by atoms with Crippen molar-refractivity contribution in [2.45, 2.75) is 24.3 Å². The Hall–Kier alpha value is -1.58. The van der Waals surface area contributed by atoms with Crippen LogP contribution in [0.3, 0.4) is 0 Å². The van der Waals surface area contributed by atoms with Crippen molar-refractivity contribution in [1.82, 2.24) is 4.72 Å². The van der Waals surface area contributed by atoms with E-state index in [9.17, 15) is 12.8 Å². The lowest BCUT2D eigenvalue weighted by molar-refractivity contribution is 0.538. The van der Waals surface area contributed by atoms with Crippen molar-refractivity contribution < 1.29 is 12.8 Å². The molecule has 0 aromatic heterocycles. The second kappa shape index (κ2) is 4.35. The van der Waals surface area contributed by atoms with E-state index >= 15 is 0 Å². The summed E-state index contributed by atoms with van der Waals surface area (Å²) in [5.41, 5.74) is 3.89. The van der Waals surface area contributed by atoms with Crippen LogP contribution >= 0.6 is 0 Å². The van der Waals surface area contributed by atoms with Gasteiger partial charge in [0.15, 0.2) is 0 Å². The number of sulfonamides is 1. The number of terminal acetylenes is 1. The van der Waals surface area contributed by atoms with Gasteiger partial charge in [-0.25, -0.2) is 12.8 Å². The van der Waals surface area contributed by atoms with Crippen LogP contribution in [-0.2, 0) is 10.0 Å². The Morgan fingerprint density at radius 3 is 2.59 bits per heavy atom. The molecule has 0 aliphatic heterocycles. The minimum atomic E-state index is -3.94. The van der Waals surface area contributed by atoms with Gasteiger partial charge in [-0.2, -0.15) is 4.72 Å². The first-order chi connectivity index (χ1) is 7.69. The van der Waals surface area contributed by atoms with Crippen LogP contribution in [0.2, 0.25) is 0 Å². The molecule has 0 bridgehead atoms. The Morgan fingerprint density at radius 2 is 2.06 bits per heavy atom. The molecular formula is C11H13FN2O2S. The highest BCUT2D eigenvalue weighted by Gasteiger charge is 2.26. The molecule has 0 fully saturated rings. The van der Waals surface area contributed by atoms with E-state index in [1.807, 2.05) is 0 Å². The highest BCUT2D eigenvalue weighted by atomic mass is 32.2. The topological polar surface area (TPSA) is 72.2 Å². The Bertz CT molecular complexity index is 574. The molecule has 0 aliphatic carbocycles. The molecule has 17 heavy (non-hydrogen) atoms. The van der Waals surface area contributed by atoms with Crippen molar-refractivity contribution in [1.29, 1.82) is 0 Å². The Kier molecular flexibility index (Phi) is 3.45. The van der Waals surface area contributed by atoms with E-state index in [0.29, 0.717) is 0 Å². The molecule has 0 unspecified atom stereocenters. The molecule has 0 atom stereocenters. The fraction of sp³-hybridized carbons (Fsp3) is 0.273. The number of benzene rings is 1. The first-order valence-electron chi connectivity index (χ1n) is 4.75. The highest BCUT2D eigenvalue weighted by molar-refractivity contribution is 7.89. The maximum atomic E-state index is 13.2. The van der Waals surface area contributed by atoms with Gasteiger partial charge in [0.2, 0.25) is 10.0 Å². The molecule has 0 saturated carbocycles. The van der Waals surface area contributed by atoms with Crippen molar-refractivity contribution in [3.8, 4) is 12.3 Å². The summed E-state index contributed by atoms with van der Waals surface area (Å²) in [6.07, 6.45) is 5.18. The van der Waals surface area contributed by atoms with Crippen LogP contribution in [-0.4, -0.2) is 14.0 Å². The number of nitrogen functional groups attached to an aromatic ring is 1.